The lowest BCUT2D eigenvalue weighted by Crippen LogP contribution is -2.33. The molecular weight excluding hydrogens is 400 g/mol. The van der Waals surface area contributed by atoms with Crippen molar-refractivity contribution in [3.05, 3.63) is 88.4 Å². The van der Waals surface area contributed by atoms with Gasteiger partial charge in [0.05, 0.1) is 11.8 Å². The minimum absolute atomic E-state index is 0.110. The van der Waals surface area contributed by atoms with E-state index in [1.165, 1.54) is 0 Å². The van der Waals surface area contributed by atoms with Crippen LogP contribution in [0.25, 0.3) is 0 Å². The lowest BCUT2D eigenvalue weighted by atomic mass is 9.96. The monoisotopic (exact) mass is 418 g/mol. The highest BCUT2D eigenvalue weighted by molar-refractivity contribution is 6.30. The third-order valence-electron chi connectivity index (χ3n) is 5.73. The average molecular weight is 419 g/mol. The van der Waals surface area contributed by atoms with E-state index >= 15 is 0 Å². The number of nitrogens with zero attached hydrogens (tertiary/aromatic N) is 2. The van der Waals surface area contributed by atoms with Gasteiger partial charge in [-0.05, 0) is 36.4 Å². The lowest BCUT2D eigenvalue weighted by Gasteiger charge is -2.38. The summed E-state index contributed by atoms with van der Waals surface area (Å²) in [5.41, 5.74) is 4.22. The summed E-state index contributed by atoms with van der Waals surface area (Å²) in [6, 6.07) is 22.1. The number of para-hydroxylation sites is 1. The first-order chi connectivity index (χ1) is 14.8. The van der Waals surface area contributed by atoms with Crippen LogP contribution in [0.1, 0.15) is 35.4 Å². The number of halogens is 1. The van der Waals surface area contributed by atoms with Crippen LogP contribution >= 0.6 is 11.6 Å². The molecule has 6 heteroatoms. The largest absolute Gasteiger partial charge is 0.486 e. The summed E-state index contributed by atoms with van der Waals surface area (Å²) in [7, 11) is 0. The van der Waals surface area contributed by atoms with Gasteiger partial charge in [0, 0.05) is 28.1 Å². The molecule has 3 aliphatic heterocycles. The number of hydrogen-bond acceptors (Lipinski definition) is 5. The molecule has 3 heterocycles. The molecule has 0 N–H and O–H groups in total. The molecule has 0 aromatic heterocycles. The van der Waals surface area contributed by atoms with Gasteiger partial charge in [0.25, 0.3) is 0 Å². The molecule has 150 valence electrons. The zero-order valence-electron chi connectivity index (χ0n) is 16.1. The van der Waals surface area contributed by atoms with E-state index in [1.54, 1.807) is 0 Å². The summed E-state index contributed by atoms with van der Waals surface area (Å²) in [4.78, 5) is 0. The van der Waals surface area contributed by atoms with Crippen molar-refractivity contribution in [2.45, 2.75) is 18.7 Å². The SMILES string of the molecule is Clc1ccc([C@@H]2Oc3ccccc3[C@@H]3CC(c4ccc5c(c4)OCCO5)=NN32)cc1. The molecule has 0 aliphatic carbocycles. The van der Waals surface area contributed by atoms with Gasteiger partial charge in [0.2, 0.25) is 6.23 Å². The first-order valence-electron chi connectivity index (χ1n) is 10.0. The normalized spacial score (nSPS) is 21.4. The predicted octanol–water partition coefficient (Wildman–Crippen LogP) is 5.35. The van der Waals surface area contributed by atoms with Gasteiger partial charge in [-0.15, -0.1) is 0 Å². The Hall–Kier alpha value is -3.18. The van der Waals surface area contributed by atoms with Gasteiger partial charge < -0.3 is 14.2 Å². The second-order valence-corrected chi connectivity index (χ2v) is 8.00. The summed E-state index contributed by atoms with van der Waals surface area (Å²) >= 11 is 6.10. The molecule has 0 saturated carbocycles. The van der Waals surface area contributed by atoms with E-state index in [2.05, 4.69) is 17.1 Å². The molecule has 3 aliphatic rings. The first kappa shape index (κ1) is 17.7. The maximum atomic E-state index is 6.38. The van der Waals surface area contributed by atoms with Crippen LogP contribution in [-0.4, -0.2) is 23.9 Å². The molecular formula is C24H19ClN2O3. The van der Waals surface area contributed by atoms with Gasteiger partial charge in [-0.25, -0.2) is 5.01 Å². The van der Waals surface area contributed by atoms with Crippen LogP contribution in [0, 0.1) is 0 Å². The van der Waals surface area contributed by atoms with Gasteiger partial charge in [-0.1, -0.05) is 41.9 Å². The van der Waals surface area contributed by atoms with Gasteiger partial charge in [0.1, 0.15) is 19.0 Å². The molecule has 0 saturated heterocycles. The van der Waals surface area contributed by atoms with E-state index in [0.717, 1.165) is 46.1 Å². The smallest absolute Gasteiger partial charge is 0.213 e. The molecule has 30 heavy (non-hydrogen) atoms. The molecule has 0 amide bonds. The molecule has 6 rings (SSSR count). The van der Waals surface area contributed by atoms with Crippen LogP contribution in [0.3, 0.4) is 0 Å². The number of rotatable bonds is 2. The van der Waals surface area contributed by atoms with E-state index in [1.807, 2.05) is 54.6 Å². The molecule has 0 fully saturated rings. The number of fused-ring (bicyclic) bond motifs is 4. The zero-order chi connectivity index (χ0) is 20.1. The van der Waals surface area contributed by atoms with Crippen molar-refractivity contribution in [3.8, 4) is 17.2 Å². The van der Waals surface area contributed by atoms with Crippen molar-refractivity contribution in [1.29, 1.82) is 0 Å². The minimum Gasteiger partial charge on any atom is -0.486 e. The maximum Gasteiger partial charge on any atom is 0.213 e. The summed E-state index contributed by atoms with van der Waals surface area (Å²) in [6.07, 6.45) is 0.487. The highest BCUT2D eigenvalue weighted by Crippen LogP contribution is 2.47. The molecule has 3 aromatic rings. The van der Waals surface area contributed by atoms with Gasteiger partial charge in [0.15, 0.2) is 11.5 Å². The summed E-state index contributed by atoms with van der Waals surface area (Å²) in [5.74, 6) is 2.46. The molecule has 0 unspecified atom stereocenters. The fourth-order valence-corrected chi connectivity index (χ4v) is 4.40. The third kappa shape index (κ3) is 2.89. The van der Waals surface area contributed by atoms with Gasteiger partial charge in [-0.2, -0.15) is 5.10 Å². The Kier molecular flexibility index (Phi) is 4.09. The van der Waals surface area contributed by atoms with Crippen LogP contribution in [0.5, 0.6) is 17.2 Å². The fraction of sp³-hybridized carbons (Fsp3) is 0.208. The highest BCUT2D eigenvalue weighted by Gasteiger charge is 2.41. The van der Waals surface area contributed by atoms with Crippen molar-refractivity contribution >= 4 is 17.3 Å². The predicted molar refractivity (Wildman–Crippen MR) is 114 cm³/mol. The number of benzene rings is 3. The van der Waals surface area contributed by atoms with Crippen LogP contribution in [-0.2, 0) is 0 Å². The molecule has 5 nitrogen and oxygen atoms in total. The zero-order valence-corrected chi connectivity index (χ0v) is 16.9. The van der Waals surface area contributed by atoms with Crippen LogP contribution in [0.2, 0.25) is 5.02 Å². The quantitative estimate of drug-likeness (QED) is 0.562. The van der Waals surface area contributed by atoms with Crippen molar-refractivity contribution in [2.75, 3.05) is 13.2 Å². The van der Waals surface area contributed by atoms with E-state index < -0.39 is 0 Å². The van der Waals surface area contributed by atoms with E-state index in [0.29, 0.717) is 18.2 Å². The van der Waals surface area contributed by atoms with Crippen molar-refractivity contribution < 1.29 is 14.2 Å². The molecule has 0 spiro atoms. The Balaban J connectivity index is 1.41. The third-order valence-corrected chi connectivity index (χ3v) is 5.98. The Morgan fingerprint density at radius 1 is 0.867 bits per heavy atom. The number of ether oxygens (including phenoxy) is 3. The lowest BCUT2D eigenvalue weighted by molar-refractivity contribution is -0.0190. The summed E-state index contributed by atoms with van der Waals surface area (Å²) in [6.45, 7) is 1.15. The second-order valence-electron chi connectivity index (χ2n) is 7.56. The minimum atomic E-state index is -0.308. The van der Waals surface area contributed by atoms with Crippen molar-refractivity contribution in [3.63, 3.8) is 0 Å². The summed E-state index contributed by atoms with van der Waals surface area (Å²) < 4.78 is 17.8. The Bertz CT molecular complexity index is 1150. The fourth-order valence-electron chi connectivity index (χ4n) is 4.28. The van der Waals surface area contributed by atoms with Crippen LogP contribution < -0.4 is 14.2 Å². The summed E-state index contributed by atoms with van der Waals surface area (Å²) in [5, 5.41) is 7.77. The molecule has 3 aromatic carbocycles. The molecule has 2 atom stereocenters. The topological polar surface area (TPSA) is 43.3 Å². The standard InChI is InChI=1S/C24H19ClN2O3/c25-17-8-5-15(6-9-17)24-27-20(18-3-1-2-4-21(18)30-24)14-19(26-27)16-7-10-22-23(13-16)29-12-11-28-22/h1-10,13,20,24H,11-12,14H2/t20-,24-/m0/s1. The Labute approximate surface area is 179 Å². The average Bonchev–Trinajstić information content (AvgIpc) is 3.25. The van der Waals surface area contributed by atoms with Gasteiger partial charge >= 0.3 is 0 Å². The number of hydrazone groups is 1. The van der Waals surface area contributed by atoms with E-state index in [4.69, 9.17) is 30.9 Å². The van der Waals surface area contributed by atoms with E-state index in [-0.39, 0.29) is 12.3 Å². The van der Waals surface area contributed by atoms with Crippen molar-refractivity contribution in [2.24, 2.45) is 5.10 Å². The molecule has 0 radical (unpaired) electrons. The number of hydrogen-bond donors (Lipinski definition) is 0. The van der Waals surface area contributed by atoms with Crippen LogP contribution in [0.15, 0.2) is 71.8 Å². The molecule has 0 bridgehead atoms. The van der Waals surface area contributed by atoms with E-state index in [9.17, 15) is 0 Å². The van der Waals surface area contributed by atoms with Crippen LogP contribution in [0.4, 0.5) is 0 Å². The Morgan fingerprint density at radius 2 is 1.67 bits per heavy atom. The second kappa shape index (κ2) is 6.96. The van der Waals surface area contributed by atoms with Crippen molar-refractivity contribution in [1.82, 2.24) is 5.01 Å². The highest BCUT2D eigenvalue weighted by atomic mass is 35.5. The Morgan fingerprint density at radius 3 is 2.53 bits per heavy atom. The van der Waals surface area contributed by atoms with Gasteiger partial charge in [-0.3, -0.25) is 0 Å². The first-order valence-corrected chi connectivity index (χ1v) is 10.4. The maximum absolute atomic E-state index is 6.38.